The second-order valence-electron chi connectivity index (χ2n) is 8.41. The Bertz CT molecular complexity index is 893. The first-order valence-electron chi connectivity index (χ1n) is 10.1. The van der Waals surface area contributed by atoms with Gasteiger partial charge in [0.1, 0.15) is 18.0 Å². The van der Waals surface area contributed by atoms with Crippen molar-refractivity contribution in [3.63, 3.8) is 0 Å². The number of rotatable bonds is 5. The van der Waals surface area contributed by atoms with E-state index in [1.165, 1.54) is 0 Å². The molecule has 3 rings (SSSR count). The minimum Gasteiger partial charge on any atom is -0.487 e. The molecule has 1 fully saturated rings. The average molecular weight is 412 g/mol. The number of benzene rings is 2. The summed E-state index contributed by atoms with van der Waals surface area (Å²) in [7, 11) is 0. The summed E-state index contributed by atoms with van der Waals surface area (Å²) in [6.45, 7) is 6.84. The van der Waals surface area contributed by atoms with Gasteiger partial charge < -0.3 is 25.4 Å². The van der Waals surface area contributed by atoms with Gasteiger partial charge >= 0.3 is 6.09 Å². The maximum Gasteiger partial charge on any atom is 0.407 e. The molecule has 1 atom stereocenters. The molecule has 1 saturated heterocycles. The number of ether oxygens (including phenoxy) is 2. The van der Waals surface area contributed by atoms with Gasteiger partial charge in [0.05, 0.1) is 11.7 Å². The molecule has 0 aliphatic carbocycles. The second-order valence-corrected chi connectivity index (χ2v) is 8.41. The van der Waals surface area contributed by atoms with Crippen LogP contribution in [0.1, 0.15) is 43.1 Å². The third-order valence-electron chi connectivity index (χ3n) is 4.69. The van der Waals surface area contributed by atoms with E-state index >= 15 is 0 Å². The molecule has 0 radical (unpaired) electrons. The molecular formula is C23H29N3O4. The number of nitrogens with one attached hydrogen (secondary N) is 1. The molecule has 2 aromatic rings. The van der Waals surface area contributed by atoms with Crippen molar-refractivity contribution >= 4 is 17.7 Å². The van der Waals surface area contributed by atoms with Crippen LogP contribution in [0.3, 0.4) is 0 Å². The lowest BCUT2D eigenvalue weighted by Crippen LogP contribution is -2.41. The van der Waals surface area contributed by atoms with E-state index in [0.717, 1.165) is 5.56 Å². The molecular weight excluding hydrogens is 382 g/mol. The number of hydrogen-bond donors (Lipinski definition) is 2. The summed E-state index contributed by atoms with van der Waals surface area (Å²) in [5.41, 5.74) is 7.50. The number of likely N-dealkylation sites (tertiary alicyclic amines) is 1. The minimum atomic E-state index is -0.556. The van der Waals surface area contributed by atoms with Crippen LogP contribution in [-0.4, -0.2) is 41.6 Å². The molecule has 1 aliphatic heterocycles. The van der Waals surface area contributed by atoms with E-state index in [9.17, 15) is 9.59 Å². The first-order chi connectivity index (χ1) is 14.2. The van der Waals surface area contributed by atoms with E-state index in [1.54, 1.807) is 23.1 Å². The van der Waals surface area contributed by atoms with Crippen molar-refractivity contribution in [3.05, 3.63) is 59.7 Å². The van der Waals surface area contributed by atoms with Crippen molar-refractivity contribution in [2.24, 2.45) is 0 Å². The van der Waals surface area contributed by atoms with Crippen LogP contribution >= 0.6 is 0 Å². The number of nitrogens with two attached hydrogens (primary N) is 1. The standard InChI is InChI=1S/C23H29N3O4/c1-23(2,3)30-22(28)25-18-11-12-26(14-18)21(27)17-9-10-20(19(24)13-17)29-15-16-7-5-4-6-8-16/h4-10,13,18H,11-12,14-15,24H2,1-3H3,(H,25,28). The van der Waals surface area contributed by atoms with Gasteiger partial charge in [-0.25, -0.2) is 4.79 Å². The number of hydrogen-bond acceptors (Lipinski definition) is 5. The summed E-state index contributed by atoms with van der Waals surface area (Å²) < 4.78 is 11.1. The molecule has 0 bridgehead atoms. The Balaban J connectivity index is 1.55. The smallest absolute Gasteiger partial charge is 0.407 e. The van der Waals surface area contributed by atoms with Crippen LogP contribution in [0.2, 0.25) is 0 Å². The first-order valence-corrected chi connectivity index (χ1v) is 10.1. The summed E-state index contributed by atoms with van der Waals surface area (Å²) >= 11 is 0. The zero-order valence-corrected chi connectivity index (χ0v) is 17.7. The van der Waals surface area contributed by atoms with Crippen LogP contribution in [0.5, 0.6) is 5.75 Å². The molecule has 2 aromatic carbocycles. The van der Waals surface area contributed by atoms with Crippen LogP contribution in [0.15, 0.2) is 48.5 Å². The average Bonchev–Trinajstić information content (AvgIpc) is 3.14. The molecule has 7 heteroatoms. The van der Waals surface area contributed by atoms with Crippen molar-refractivity contribution in [2.75, 3.05) is 18.8 Å². The molecule has 1 unspecified atom stereocenters. The van der Waals surface area contributed by atoms with Gasteiger partial charge in [0.25, 0.3) is 5.91 Å². The molecule has 3 N–H and O–H groups in total. The Hall–Kier alpha value is -3.22. The molecule has 0 saturated carbocycles. The van der Waals surface area contributed by atoms with Crippen molar-refractivity contribution in [1.82, 2.24) is 10.2 Å². The summed E-state index contributed by atoms with van der Waals surface area (Å²) in [6, 6.07) is 14.7. The Morgan fingerprint density at radius 1 is 1.17 bits per heavy atom. The third kappa shape index (κ3) is 5.89. The number of carbonyl (C=O) groups is 2. The third-order valence-corrected chi connectivity index (χ3v) is 4.69. The van der Waals surface area contributed by atoms with Gasteiger partial charge in [-0.05, 0) is 51.0 Å². The minimum absolute atomic E-state index is 0.121. The number of nitrogens with zero attached hydrogens (tertiary/aromatic N) is 1. The topological polar surface area (TPSA) is 93.9 Å². The normalized spacial score (nSPS) is 16.2. The van der Waals surface area contributed by atoms with E-state index < -0.39 is 11.7 Å². The monoisotopic (exact) mass is 411 g/mol. The van der Waals surface area contributed by atoms with Gasteiger partial charge in [-0.2, -0.15) is 0 Å². The summed E-state index contributed by atoms with van der Waals surface area (Å²) in [5, 5.41) is 2.82. The van der Waals surface area contributed by atoms with Crippen molar-refractivity contribution < 1.29 is 19.1 Å². The number of nitrogen functional groups attached to an aromatic ring is 1. The van der Waals surface area contributed by atoms with Gasteiger partial charge in [-0.3, -0.25) is 4.79 Å². The molecule has 1 aliphatic rings. The fourth-order valence-electron chi connectivity index (χ4n) is 3.27. The zero-order chi connectivity index (χ0) is 21.7. The first kappa shape index (κ1) is 21.5. The fourth-order valence-corrected chi connectivity index (χ4v) is 3.27. The Labute approximate surface area is 177 Å². The summed E-state index contributed by atoms with van der Waals surface area (Å²) in [6.07, 6.45) is 0.213. The molecule has 0 spiro atoms. The van der Waals surface area contributed by atoms with Gasteiger partial charge in [0.15, 0.2) is 0 Å². The quantitative estimate of drug-likeness (QED) is 0.734. The van der Waals surface area contributed by atoms with Crippen LogP contribution in [-0.2, 0) is 11.3 Å². The van der Waals surface area contributed by atoms with E-state index in [-0.39, 0.29) is 11.9 Å². The molecule has 160 valence electrons. The Morgan fingerprint density at radius 2 is 1.90 bits per heavy atom. The molecule has 2 amide bonds. The van der Waals surface area contributed by atoms with Crippen LogP contribution in [0.4, 0.5) is 10.5 Å². The molecule has 7 nitrogen and oxygen atoms in total. The van der Waals surface area contributed by atoms with Crippen LogP contribution in [0.25, 0.3) is 0 Å². The highest BCUT2D eigenvalue weighted by atomic mass is 16.6. The number of anilines is 1. The van der Waals surface area contributed by atoms with E-state index in [1.807, 2.05) is 51.1 Å². The van der Waals surface area contributed by atoms with Gasteiger partial charge in [0.2, 0.25) is 0 Å². The van der Waals surface area contributed by atoms with Crippen molar-refractivity contribution in [3.8, 4) is 5.75 Å². The molecule has 0 aromatic heterocycles. The Morgan fingerprint density at radius 3 is 2.57 bits per heavy atom. The van der Waals surface area contributed by atoms with E-state index in [2.05, 4.69) is 5.32 Å². The predicted molar refractivity (Wildman–Crippen MR) is 115 cm³/mol. The van der Waals surface area contributed by atoms with Gasteiger partial charge in [0, 0.05) is 18.7 Å². The van der Waals surface area contributed by atoms with Gasteiger partial charge in [-0.1, -0.05) is 30.3 Å². The predicted octanol–water partition coefficient (Wildman–Crippen LogP) is 3.59. The maximum atomic E-state index is 12.8. The molecule has 30 heavy (non-hydrogen) atoms. The van der Waals surface area contributed by atoms with E-state index in [4.69, 9.17) is 15.2 Å². The SMILES string of the molecule is CC(C)(C)OC(=O)NC1CCN(C(=O)c2ccc(OCc3ccccc3)c(N)c2)C1. The largest absolute Gasteiger partial charge is 0.487 e. The number of carbonyl (C=O) groups excluding carboxylic acids is 2. The van der Waals surface area contributed by atoms with Crippen LogP contribution in [0, 0.1) is 0 Å². The zero-order valence-electron chi connectivity index (χ0n) is 17.7. The fraction of sp³-hybridized carbons (Fsp3) is 0.391. The maximum absolute atomic E-state index is 12.8. The number of amides is 2. The highest BCUT2D eigenvalue weighted by Crippen LogP contribution is 2.25. The van der Waals surface area contributed by atoms with Crippen LogP contribution < -0.4 is 15.8 Å². The molecule has 1 heterocycles. The van der Waals surface area contributed by atoms with Gasteiger partial charge in [-0.15, -0.1) is 0 Å². The second kappa shape index (κ2) is 9.07. The van der Waals surface area contributed by atoms with Crippen molar-refractivity contribution in [2.45, 2.75) is 45.4 Å². The summed E-state index contributed by atoms with van der Waals surface area (Å²) in [5.74, 6) is 0.422. The Kier molecular flexibility index (Phi) is 6.50. The lowest BCUT2D eigenvalue weighted by Gasteiger charge is -2.22. The number of alkyl carbamates (subject to hydrolysis) is 1. The lowest BCUT2D eigenvalue weighted by atomic mass is 10.1. The highest BCUT2D eigenvalue weighted by Gasteiger charge is 2.29. The van der Waals surface area contributed by atoms with Crippen molar-refractivity contribution in [1.29, 1.82) is 0 Å². The summed E-state index contributed by atoms with van der Waals surface area (Å²) in [4.78, 5) is 26.5. The highest BCUT2D eigenvalue weighted by molar-refractivity contribution is 5.95. The van der Waals surface area contributed by atoms with E-state index in [0.29, 0.717) is 43.1 Å². The lowest BCUT2D eigenvalue weighted by molar-refractivity contribution is 0.0502.